The number of amides is 1. The zero-order valence-corrected chi connectivity index (χ0v) is 12.7. The Hall–Kier alpha value is -2.21. The molecular formula is C15H16N2O3S. The molecule has 2 heterocycles. The van der Waals surface area contributed by atoms with E-state index in [4.69, 9.17) is 4.74 Å². The molecule has 1 amide bonds. The molecule has 0 spiro atoms. The molecule has 0 fully saturated rings. The van der Waals surface area contributed by atoms with E-state index in [1.165, 1.54) is 17.5 Å². The summed E-state index contributed by atoms with van der Waals surface area (Å²) in [6.07, 6.45) is 3.87. The van der Waals surface area contributed by atoms with Crippen molar-refractivity contribution < 1.29 is 14.3 Å². The number of ether oxygens (including phenoxy) is 1. The molecule has 21 heavy (non-hydrogen) atoms. The van der Waals surface area contributed by atoms with Gasteiger partial charge in [0, 0.05) is 17.3 Å². The molecule has 0 unspecified atom stereocenters. The Morgan fingerprint density at radius 2 is 2.19 bits per heavy atom. The van der Waals surface area contributed by atoms with Crippen LogP contribution in [0.25, 0.3) is 0 Å². The molecule has 0 bridgehead atoms. The summed E-state index contributed by atoms with van der Waals surface area (Å²) in [4.78, 5) is 29.0. The number of pyridine rings is 1. The molecule has 0 saturated carbocycles. The van der Waals surface area contributed by atoms with E-state index in [-0.39, 0.29) is 5.91 Å². The third kappa shape index (κ3) is 3.66. The van der Waals surface area contributed by atoms with Gasteiger partial charge in [0.15, 0.2) is 0 Å². The van der Waals surface area contributed by atoms with Crippen LogP contribution in [0.3, 0.4) is 0 Å². The van der Waals surface area contributed by atoms with Gasteiger partial charge in [0.1, 0.15) is 5.00 Å². The van der Waals surface area contributed by atoms with Crippen LogP contribution < -0.4 is 5.32 Å². The number of nitrogens with one attached hydrogen (secondary N) is 1. The molecule has 1 N–H and O–H groups in total. The van der Waals surface area contributed by atoms with E-state index >= 15 is 0 Å². The summed E-state index contributed by atoms with van der Waals surface area (Å²) < 4.78 is 5.02. The lowest BCUT2D eigenvalue weighted by molar-refractivity contribution is 0.0528. The van der Waals surface area contributed by atoms with Gasteiger partial charge in [-0.1, -0.05) is 6.92 Å². The van der Waals surface area contributed by atoms with Crippen molar-refractivity contribution in [2.24, 2.45) is 0 Å². The Balaban J connectivity index is 2.24. The Labute approximate surface area is 127 Å². The van der Waals surface area contributed by atoms with E-state index in [1.54, 1.807) is 31.3 Å². The number of anilines is 1. The van der Waals surface area contributed by atoms with Crippen LogP contribution in [0, 0.1) is 0 Å². The number of thiophene rings is 1. The molecule has 0 aliphatic rings. The zero-order valence-electron chi connectivity index (χ0n) is 11.9. The van der Waals surface area contributed by atoms with Crippen molar-refractivity contribution in [3.05, 3.63) is 46.6 Å². The number of rotatable bonds is 5. The van der Waals surface area contributed by atoms with Crippen molar-refractivity contribution >= 4 is 28.2 Å². The van der Waals surface area contributed by atoms with Crippen molar-refractivity contribution in [1.29, 1.82) is 0 Å². The van der Waals surface area contributed by atoms with E-state index < -0.39 is 5.97 Å². The summed E-state index contributed by atoms with van der Waals surface area (Å²) in [6.45, 7) is 4.04. The van der Waals surface area contributed by atoms with Gasteiger partial charge in [0.05, 0.1) is 17.7 Å². The lowest BCUT2D eigenvalue weighted by atomic mass is 10.2. The van der Waals surface area contributed by atoms with Crippen molar-refractivity contribution in [1.82, 2.24) is 4.98 Å². The first-order chi connectivity index (χ1) is 10.2. The van der Waals surface area contributed by atoms with Crippen LogP contribution in [0.2, 0.25) is 0 Å². The van der Waals surface area contributed by atoms with Gasteiger partial charge < -0.3 is 10.1 Å². The fourth-order valence-electron chi connectivity index (χ4n) is 1.74. The number of nitrogens with zero attached hydrogens (tertiary/aromatic N) is 1. The topological polar surface area (TPSA) is 68.3 Å². The van der Waals surface area contributed by atoms with E-state index in [0.717, 1.165) is 11.3 Å². The number of carbonyl (C=O) groups is 2. The minimum absolute atomic E-state index is 0.293. The van der Waals surface area contributed by atoms with Crippen LogP contribution in [0.5, 0.6) is 0 Å². The maximum absolute atomic E-state index is 12.1. The molecule has 0 aliphatic carbocycles. The number of aryl methyl sites for hydroxylation is 1. The van der Waals surface area contributed by atoms with Gasteiger partial charge in [-0.3, -0.25) is 9.78 Å². The summed E-state index contributed by atoms with van der Waals surface area (Å²) in [5.74, 6) is -0.715. The molecule has 0 saturated heterocycles. The van der Waals surface area contributed by atoms with Crippen LogP contribution >= 0.6 is 11.3 Å². The highest BCUT2D eigenvalue weighted by Crippen LogP contribution is 2.29. The van der Waals surface area contributed by atoms with Gasteiger partial charge in [-0.05, 0) is 31.5 Å². The molecular weight excluding hydrogens is 288 g/mol. The average molecular weight is 304 g/mol. The first kappa shape index (κ1) is 15.2. The van der Waals surface area contributed by atoms with Crippen LogP contribution in [0.1, 0.15) is 39.4 Å². The second-order valence-electron chi connectivity index (χ2n) is 4.23. The quantitative estimate of drug-likeness (QED) is 0.862. The third-order valence-corrected chi connectivity index (χ3v) is 3.97. The summed E-state index contributed by atoms with van der Waals surface area (Å²) in [5.41, 5.74) is 0.842. The van der Waals surface area contributed by atoms with E-state index in [1.807, 2.05) is 6.92 Å². The van der Waals surface area contributed by atoms with Crippen LogP contribution in [-0.2, 0) is 11.2 Å². The second-order valence-corrected chi connectivity index (χ2v) is 5.36. The highest BCUT2D eigenvalue weighted by Gasteiger charge is 2.19. The standard InChI is InChI=1S/C15H16N2O3S/c1-3-11-8-12(15(19)20-4-2)14(21-11)17-13(18)10-6-5-7-16-9-10/h5-9H,3-4H2,1-2H3,(H,17,18). The highest BCUT2D eigenvalue weighted by atomic mass is 32.1. The minimum atomic E-state index is -0.421. The van der Waals surface area contributed by atoms with E-state index in [0.29, 0.717) is 22.7 Å². The van der Waals surface area contributed by atoms with Crippen LogP contribution in [0.4, 0.5) is 5.00 Å². The van der Waals surface area contributed by atoms with E-state index in [9.17, 15) is 9.59 Å². The number of esters is 1. The summed E-state index contributed by atoms with van der Waals surface area (Å²) >= 11 is 1.38. The number of hydrogen-bond donors (Lipinski definition) is 1. The number of hydrogen-bond acceptors (Lipinski definition) is 5. The van der Waals surface area contributed by atoms with Crippen molar-refractivity contribution in [3.63, 3.8) is 0 Å². The average Bonchev–Trinajstić information content (AvgIpc) is 2.91. The molecule has 6 heteroatoms. The smallest absolute Gasteiger partial charge is 0.341 e. The second kappa shape index (κ2) is 6.99. The van der Waals surface area contributed by atoms with Gasteiger partial charge >= 0.3 is 5.97 Å². The van der Waals surface area contributed by atoms with Gasteiger partial charge in [-0.2, -0.15) is 0 Å². The number of carbonyl (C=O) groups excluding carboxylic acids is 2. The molecule has 5 nitrogen and oxygen atoms in total. The molecule has 0 aliphatic heterocycles. The molecule has 0 aromatic carbocycles. The molecule has 110 valence electrons. The highest BCUT2D eigenvalue weighted by molar-refractivity contribution is 7.16. The maximum atomic E-state index is 12.1. The SMILES string of the molecule is CCOC(=O)c1cc(CC)sc1NC(=O)c1cccnc1. The lowest BCUT2D eigenvalue weighted by Gasteiger charge is -2.05. The summed E-state index contributed by atoms with van der Waals surface area (Å²) in [5, 5.41) is 3.27. The lowest BCUT2D eigenvalue weighted by Crippen LogP contribution is -2.14. The van der Waals surface area contributed by atoms with E-state index in [2.05, 4.69) is 10.3 Å². The van der Waals surface area contributed by atoms with Crippen LogP contribution in [-0.4, -0.2) is 23.5 Å². The largest absolute Gasteiger partial charge is 0.462 e. The Kier molecular flexibility index (Phi) is 5.05. The van der Waals surface area contributed by atoms with Gasteiger partial charge in [0.2, 0.25) is 0 Å². The summed E-state index contributed by atoms with van der Waals surface area (Å²) in [7, 11) is 0. The molecule has 2 rings (SSSR count). The van der Waals surface area contributed by atoms with Crippen molar-refractivity contribution in [3.8, 4) is 0 Å². The normalized spacial score (nSPS) is 10.2. The van der Waals surface area contributed by atoms with Gasteiger partial charge in [-0.25, -0.2) is 4.79 Å². The fraction of sp³-hybridized carbons (Fsp3) is 0.267. The van der Waals surface area contributed by atoms with Crippen molar-refractivity contribution in [2.75, 3.05) is 11.9 Å². The maximum Gasteiger partial charge on any atom is 0.341 e. The first-order valence-corrected chi connectivity index (χ1v) is 7.48. The Bertz CT molecular complexity index is 638. The predicted molar refractivity (Wildman–Crippen MR) is 81.8 cm³/mol. The Morgan fingerprint density at radius 3 is 2.81 bits per heavy atom. The van der Waals surface area contributed by atoms with Crippen LogP contribution in [0.15, 0.2) is 30.6 Å². The third-order valence-electron chi connectivity index (χ3n) is 2.78. The monoisotopic (exact) mass is 304 g/mol. The Morgan fingerprint density at radius 1 is 1.38 bits per heavy atom. The van der Waals surface area contributed by atoms with Gasteiger partial charge in [-0.15, -0.1) is 11.3 Å². The molecule has 0 atom stereocenters. The summed E-state index contributed by atoms with van der Waals surface area (Å²) in [6, 6.07) is 5.12. The first-order valence-electron chi connectivity index (χ1n) is 6.66. The molecule has 2 aromatic heterocycles. The molecule has 0 radical (unpaired) electrons. The predicted octanol–water partition coefficient (Wildman–Crippen LogP) is 3.13. The molecule has 2 aromatic rings. The van der Waals surface area contributed by atoms with Crippen molar-refractivity contribution in [2.45, 2.75) is 20.3 Å². The minimum Gasteiger partial charge on any atom is -0.462 e. The number of aromatic nitrogens is 1. The zero-order chi connectivity index (χ0) is 15.2. The fourth-order valence-corrected chi connectivity index (χ4v) is 2.72. The van der Waals surface area contributed by atoms with Gasteiger partial charge in [0.25, 0.3) is 5.91 Å².